The highest BCUT2D eigenvalue weighted by atomic mass is 16.4. The minimum Gasteiger partial charge on any atom is -0.480 e. The number of nitrogens with one attached hydrogen (secondary N) is 1. The van der Waals surface area contributed by atoms with Crippen LogP contribution in [0.3, 0.4) is 0 Å². The molecule has 1 aromatic carbocycles. The van der Waals surface area contributed by atoms with Crippen molar-refractivity contribution >= 4 is 23.6 Å². The molecule has 0 aromatic heterocycles. The number of hydrogen-bond acceptors (Lipinski definition) is 3. The first-order chi connectivity index (χ1) is 9.95. The van der Waals surface area contributed by atoms with E-state index >= 15 is 0 Å². The van der Waals surface area contributed by atoms with Gasteiger partial charge in [0.05, 0.1) is 0 Å². The van der Waals surface area contributed by atoms with Crippen molar-refractivity contribution in [3.05, 3.63) is 29.8 Å². The maximum atomic E-state index is 12.1. The highest BCUT2D eigenvalue weighted by Gasteiger charge is 2.28. The molecule has 112 valence electrons. The fourth-order valence-electron chi connectivity index (χ4n) is 1.95. The van der Waals surface area contributed by atoms with Crippen LogP contribution in [0.1, 0.15) is 23.2 Å². The number of carbonyl (C=O) groups excluding carboxylic acids is 2. The first kappa shape index (κ1) is 14.8. The standard InChI is InChI=1S/C14H17N3O4/c15-13(20)10-2-1-3-11(6-10)16-14(21)17(8-12(18)19)7-9-4-5-9/h1-3,6,9H,4-5,7-8H2,(H2,15,20)(H,16,21)(H,18,19). The molecule has 1 saturated carbocycles. The monoisotopic (exact) mass is 291 g/mol. The number of hydrogen-bond donors (Lipinski definition) is 3. The van der Waals surface area contributed by atoms with E-state index < -0.39 is 17.9 Å². The van der Waals surface area contributed by atoms with E-state index in [0.717, 1.165) is 12.8 Å². The first-order valence-electron chi connectivity index (χ1n) is 6.63. The number of benzene rings is 1. The average molecular weight is 291 g/mol. The molecule has 0 atom stereocenters. The van der Waals surface area contributed by atoms with Crippen molar-refractivity contribution in [1.82, 2.24) is 4.90 Å². The highest BCUT2D eigenvalue weighted by Crippen LogP contribution is 2.29. The third-order valence-electron chi connectivity index (χ3n) is 3.19. The van der Waals surface area contributed by atoms with Gasteiger partial charge in [-0.15, -0.1) is 0 Å². The molecule has 0 spiro atoms. The van der Waals surface area contributed by atoms with Crippen LogP contribution < -0.4 is 11.1 Å². The van der Waals surface area contributed by atoms with Gasteiger partial charge in [0, 0.05) is 17.8 Å². The van der Waals surface area contributed by atoms with E-state index in [9.17, 15) is 14.4 Å². The lowest BCUT2D eigenvalue weighted by Gasteiger charge is -2.21. The Labute approximate surface area is 121 Å². The molecule has 0 bridgehead atoms. The van der Waals surface area contributed by atoms with E-state index in [1.54, 1.807) is 12.1 Å². The molecule has 0 unspecified atom stereocenters. The molecule has 0 saturated heterocycles. The maximum absolute atomic E-state index is 12.1. The minimum atomic E-state index is -1.06. The number of carboxylic acid groups (broad SMARTS) is 1. The number of primary amides is 1. The Balaban J connectivity index is 2.04. The summed E-state index contributed by atoms with van der Waals surface area (Å²) in [6.45, 7) is 0.0749. The van der Waals surface area contributed by atoms with Crippen molar-refractivity contribution in [1.29, 1.82) is 0 Å². The Hall–Kier alpha value is -2.57. The summed E-state index contributed by atoms with van der Waals surface area (Å²) in [5.41, 5.74) is 5.86. The van der Waals surface area contributed by atoms with E-state index in [4.69, 9.17) is 10.8 Å². The third kappa shape index (κ3) is 4.48. The lowest BCUT2D eigenvalue weighted by Crippen LogP contribution is -2.40. The third-order valence-corrected chi connectivity index (χ3v) is 3.19. The number of amides is 3. The summed E-state index contributed by atoms with van der Waals surface area (Å²) in [4.78, 5) is 35.3. The topological polar surface area (TPSA) is 113 Å². The van der Waals surface area contributed by atoms with Gasteiger partial charge in [0.15, 0.2) is 0 Å². The number of urea groups is 1. The summed E-state index contributed by atoms with van der Waals surface area (Å²) in [5, 5.41) is 11.5. The van der Waals surface area contributed by atoms with Crippen LogP contribution in [0.5, 0.6) is 0 Å². The Morgan fingerprint density at radius 2 is 2.05 bits per heavy atom. The Morgan fingerprint density at radius 1 is 1.33 bits per heavy atom. The van der Waals surface area contributed by atoms with Crippen LogP contribution in [0.4, 0.5) is 10.5 Å². The number of nitrogens with zero attached hydrogens (tertiary/aromatic N) is 1. The van der Waals surface area contributed by atoms with Crippen LogP contribution in [0, 0.1) is 5.92 Å². The van der Waals surface area contributed by atoms with Crippen LogP contribution in [0.15, 0.2) is 24.3 Å². The molecular formula is C14H17N3O4. The molecule has 3 amide bonds. The van der Waals surface area contributed by atoms with Crippen molar-refractivity contribution in [3.63, 3.8) is 0 Å². The fourth-order valence-corrected chi connectivity index (χ4v) is 1.95. The van der Waals surface area contributed by atoms with Crippen LogP contribution in [-0.4, -0.2) is 41.0 Å². The molecule has 4 N–H and O–H groups in total. The van der Waals surface area contributed by atoms with Crippen LogP contribution >= 0.6 is 0 Å². The zero-order chi connectivity index (χ0) is 15.4. The van der Waals surface area contributed by atoms with Gasteiger partial charge in [-0.1, -0.05) is 6.07 Å². The van der Waals surface area contributed by atoms with Gasteiger partial charge in [0.1, 0.15) is 6.54 Å². The lowest BCUT2D eigenvalue weighted by molar-refractivity contribution is -0.137. The first-order valence-corrected chi connectivity index (χ1v) is 6.63. The van der Waals surface area contributed by atoms with Crippen molar-refractivity contribution in [2.75, 3.05) is 18.4 Å². The molecular weight excluding hydrogens is 274 g/mol. The summed E-state index contributed by atoms with van der Waals surface area (Å²) < 4.78 is 0. The summed E-state index contributed by atoms with van der Waals surface area (Å²) in [5.74, 6) is -1.27. The zero-order valence-corrected chi connectivity index (χ0v) is 11.4. The van der Waals surface area contributed by atoms with Gasteiger partial charge in [-0.05, 0) is 37.0 Å². The van der Waals surface area contributed by atoms with Gasteiger partial charge in [-0.3, -0.25) is 9.59 Å². The number of aliphatic carboxylic acids is 1. The van der Waals surface area contributed by atoms with Gasteiger partial charge < -0.3 is 21.1 Å². The fraction of sp³-hybridized carbons (Fsp3) is 0.357. The van der Waals surface area contributed by atoms with Crippen molar-refractivity contribution in [2.45, 2.75) is 12.8 Å². The Kier molecular flexibility index (Phi) is 4.42. The summed E-state index contributed by atoms with van der Waals surface area (Å²) in [6.07, 6.45) is 2.03. The molecule has 1 aliphatic rings. The summed E-state index contributed by atoms with van der Waals surface area (Å²) in [7, 11) is 0. The van der Waals surface area contributed by atoms with E-state index in [1.165, 1.54) is 17.0 Å². The minimum absolute atomic E-state index is 0.278. The largest absolute Gasteiger partial charge is 0.480 e. The molecule has 0 radical (unpaired) electrons. The lowest BCUT2D eigenvalue weighted by atomic mass is 10.2. The molecule has 7 nitrogen and oxygen atoms in total. The van der Waals surface area contributed by atoms with E-state index in [0.29, 0.717) is 18.2 Å². The van der Waals surface area contributed by atoms with Crippen molar-refractivity contribution in [3.8, 4) is 0 Å². The van der Waals surface area contributed by atoms with E-state index in [1.807, 2.05) is 0 Å². The Morgan fingerprint density at radius 3 is 2.62 bits per heavy atom. The van der Waals surface area contributed by atoms with E-state index in [2.05, 4.69) is 5.32 Å². The van der Waals surface area contributed by atoms with E-state index in [-0.39, 0.29) is 12.1 Å². The maximum Gasteiger partial charge on any atom is 0.323 e. The number of carboxylic acids is 1. The second-order valence-corrected chi connectivity index (χ2v) is 5.09. The molecule has 1 aromatic rings. The van der Waals surface area contributed by atoms with Crippen LogP contribution in [0.25, 0.3) is 0 Å². The predicted molar refractivity (Wildman–Crippen MR) is 75.9 cm³/mol. The smallest absolute Gasteiger partial charge is 0.323 e. The van der Waals surface area contributed by atoms with Gasteiger partial charge in [0.25, 0.3) is 0 Å². The van der Waals surface area contributed by atoms with Crippen molar-refractivity contribution in [2.24, 2.45) is 11.7 Å². The quantitative estimate of drug-likeness (QED) is 0.728. The molecule has 1 aliphatic carbocycles. The predicted octanol–water partition coefficient (Wildman–Crippen LogP) is 1.11. The summed E-state index contributed by atoms with van der Waals surface area (Å²) in [6, 6.07) is 5.71. The molecule has 1 fully saturated rings. The van der Waals surface area contributed by atoms with Crippen molar-refractivity contribution < 1.29 is 19.5 Å². The second kappa shape index (κ2) is 6.25. The van der Waals surface area contributed by atoms with Crippen LogP contribution in [-0.2, 0) is 4.79 Å². The molecule has 0 aliphatic heterocycles. The molecule has 21 heavy (non-hydrogen) atoms. The van der Waals surface area contributed by atoms with Gasteiger partial charge in [0.2, 0.25) is 5.91 Å². The summed E-state index contributed by atoms with van der Waals surface area (Å²) >= 11 is 0. The van der Waals surface area contributed by atoms with Crippen LogP contribution in [0.2, 0.25) is 0 Å². The molecule has 2 rings (SSSR count). The van der Waals surface area contributed by atoms with Gasteiger partial charge in [-0.2, -0.15) is 0 Å². The highest BCUT2D eigenvalue weighted by molar-refractivity contribution is 5.96. The number of anilines is 1. The van der Waals surface area contributed by atoms with Gasteiger partial charge in [-0.25, -0.2) is 4.79 Å². The van der Waals surface area contributed by atoms with Gasteiger partial charge >= 0.3 is 12.0 Å². The molecule has 7 heteroatoms. The average Bonchev–Trinajstić information content (AvgIpc) is 3.21. The number of nitrogens with two attached hydrogens (primary N) is 1. The zero-order valence-electron chi connectivity index (χ0n) is 11.4. The normalized spacial score (nSPS) is 13.5. The molecule has 0 heterocycles. The number of carbonyl (C=O) groups is 3. The second-order valence-electron chi connectivity index (χ2n) is 5.09. The number of rotatable bonds is 6. The Bertz CT molecular complexity index is 569. The SMILES string of the molecule is NC(=O)c1cccc(NC(=O)N(CC(=O)O)CC2CC2)c1.